The number of cyclic esters (lactones) is 1. The van der Waals surface area contributed by atoms with Gasteiger partial charge in [-0.15, -0.1) is 0 Å². The molecular formula is C17H18N2O4S. The zero-order valence-corrected chi connectivity index (χ0v) is 14.0. The van der Waals surface area contributed by atoms with Crippen molar-refractivity contribution in [2.45, 2.75) is 18.8 Å². The molecule has 1 heterocycles. The lowest BCUT2D eigenvalue weighted by molar-refractivity contribution is 0.141. The molecule has 24 heavy (non-hydrogen) atoms. The molecule has 1 saturated heterocycles. The molecule has 0 bridgehead atoms. The van der Waals surface area contributed by atoms with Crippen molar-refractivity contribution in [2.75, 3.05) is 11.3 Å². The van der Waals surface area contributed by atoms with Crippen molar-refractivity contribution >= 4 is 21.8 Å². The smallest absolute Gasteiger partial charge is 0.407 e. The van der Waals surface area contributed by atoms with Gasteiger partial charge in [0.2, 0.25) is 10.0 Å². The minimum Gasteiger partial charge on any atom is -0.439 e. The van der Waals surface area contributed by atoms with E-state index >= 15 is 0 Å². The molecule has 1 aliphatic rings. The zero-order valence-electron chi connectivity index (χ0n) is 13.2. The van der Waals surface area contributed by atoms with Gasteiger partial charge in [0.25, 0.3) is 0 Å². The summed E-state index contributed by atoms with van der Waals surface area (Å²) in [4.78, 5) is 11.1. The Bertz CT molecular complexity index is 830. The number of carbonyl (C=O) groups excluding carboxylic acids is 1. The van der Waals surface area contributed by atoms with Crippen LogP contribution in [0.2, 0.25) is 0 Å². The molecule has 0 aromatic heterocycles. The summed E-state index contributed by atoms with van der Waals surface area (Å²) in [6.07, 6.45) is -0.779. The molecule has 1 unspecified atom stereocenters. The zero-order chi connectivity index (χ0) is 17.2. The van der Waals surface area contributed by atoms with Gasteiger partial charge in [-0.05, 0) is 30.2 Å². The highest BCUT2D eigenvalue weighted by atomic mass is 32.2. The third kappa shape index (κ3) is 4.05. The molecule has 2 aromatic rings. The van der Waals surface area contributed by atoms with Gasteiger partial charge in [-0.2, -0.15) is 0 Å². The molecule has 3 rings (SSSR count). The van der Waals surface area contributed by atoms with Crippen LogP contribution in [0.3, 0.4) is 0 Å². The molecule has 0 saturated carbocycles. The fourth-order valence-electron chi connectivity index (χ4n) is 2.46. The summed E-state index contributed by atoms with van der Waals surface area (Å²) in [5.74, 6) is -0.0841. The molecule has 1 atom stereocenters. The van der Waals surface area contributed by atoms with E-state index in [1.54, 1.807) is 36.4 Å². The molecule has 1 fully saturated rings. The average molecular weight is 346 g/mol. The van der Waals surface area contributed by atoms with E-state index in [0.717, 1.165) is 16.7 Å². The van der Waals surface area contributed by atoms with E-state index in [0.29, 0.717) is 12.2 Å². The number of rotatable bonds is 5. The van der Waals surface area contributed by atoms with Crippen LogP contribution < -0.4 is 10.0 Å². The number of hydrogen-bond donors (Lipinski definition) is 2. The minimum atomic E-state index is -3.49. The molecule has 0 radical (unpaired) electrons. The Morgan fingerprint density at radius 2 is 1.79 bits per heavy atom. The van der Waals surface area contributed by atoms with E-state index in [9.17, 15) is 13.2 Å². The number of aryl methyl sites for hydroxylation is 1. The molecule has 6 nitrogen and oxygen atoms in total. The van der Waals surface area contributed by atoms with Crippen molar-refractivity contribution < 1.29 is 17.9 Å². The van der Waals surface area contributed by atoms with Gasteiger partial charge in [0, 0.05) is 5.69 Å². The topological polar surface area (TPSA) is 84.5 Å². The lowest BCUT2D eigenvalue weighted by atomic mass is 10.1. The number of anilines is 1. The van der Waals surface area contributed by atoms with Crippen molar-refractivity contribution in [3.63, 3.8) is 0 Å². The fraction of sp³-hybridized carbons (Fsp3) is 0.235. The molecule has 1 amide bonds. The van der Waals surface area contributed by atoms with Crippen LogP contribution in [0.25, 0.3) is 0 Å². The van der Waals surface area contributed by atoms with Crippen LogP contribution in [0, 0.1) is 6.92 Å². The second-order valence-corrected chi connectivity index (χ2v) is 7.47. The molecule has 0 aliphatic carbocycles. The highest BCUT2D eigenvalue weighted by Crippen LogP contribution is 2.23. The average Bonchev–Trinajstić information content (AvgIpc) is 2.96. The fourth-order valence-corrected chi connectivity index (χ4v) is 3.66. The predicted octanol–water partition coefficient (Wildman–Crippen LogP) is 2.72. The molecule has 126 valence electrons. The van der Waals surface area contributed by atoms with E-state index in [1.165, 1.54) is 0 Å². The van der Waals surface area contributed by atoms with Crippen molar-refractivity contribution in [1.29, 1.82) is 0 Å². The van der Waals surface area contributed by atoms with Gasteiger partial charge in [-0.3, -0.25) is 4.72 Å². The minimum absolute atomic E-state index is 0.0841. The second kappa shape index (κ2) is 6.52. The third-order valence-corrected chi connectivity index (χ3v) is 4.97. The lowest BCUT2D eigenvalue weighted by Crippen LogP contribution is -2.15. The van der Waals surface area contributed by atoms with Gasteiger partial charge in [0.05, 0.1) is 12.3 Å². The van der Waals surface area contributed by atoms with Gasteiger partial charge in [-0.1, -0.05) is 42.0 Å². The van der Waals surface area contributed by atoms with Crippen LogP contribution in [0.5, 0.6) is 0 Å². The summed E-state index contributed by atoms with van der Waals surface area (Å²) in [6.45, 7) is 2.37. The van der Waals surface area contributed by atoms with Gasteiger partial charge >= 0.3 is 6.09 Å². The van der Waals surface area contributed by atoms with Crippen LogP contribution in [-0.4, -0.2) is 21.1 Å². The number of benzene rings is 2. The van der Waals surface area contributed by atoms with E-state index in [1.807, 2.05) is 19.1 Å². The summed E-state index contributed by atoms with van der Waals surface area (Å²) in [7, 11) is -3.49. The van der Waals surface area contributed by atoms with Crippen molar-refractivity contribution in [2.24, 2.45) is 0 Å². The maximum absolute atomic E-state index is 12.2. The molecule has 2 aromatic carbocycles. The number of sulfonamides is 1. The van der Waals surface area contributed by atoms with Gasteiger partial charge in [0.15, 0.2) is 0 Å². The summed E-state index contributed by atoms with van der Waals surface area (Å²) >= 11 is 0. The maximum atomic E-state index is 12.2. The second-order valence-electron chi connectivity index (χ2n) is 5.74. The summed E-state index contributed by atoms with van der Waals surface area (Å²) < 4.78 is 32.1. The molecule has 0 spiro atoms. The first-order valence-corrected chi connectivity index (χ1v) is 9.17. The van der Waals surface area contributed by atoms with Crippen LogP contribution >= 0.6 is 0 Å². The summed E-state index contributed by atoms with van der Waals surface area (Å²) in [6, 6.07) is 14.2. The molecule has 1 aliphatic heterocycles. The number of alkyl carbamates (subject to hydrolysis) is 1. The maximum Gasteiger partial charge on any atom is 0.407 e. The normalized spacial score (nSPS) is 17.2. The lowest BCUT2D eigenvalue weighted by Gasteiger charge is -2.11. The van der Waals surface area contributed by atoms with Gasteiger partial charge < -0.3 is 10.1 Å². The SMILES string of the molecule is Cc1ccc(CS(=O)(=O)Nc2ccc(C3CNC(=O)O3)cc2)cc1. The predicted molar refractivity (Wildman–Crippen MR) is 91.1 cm³/mol. The van der Waals surface area contributed by atoms with Crippen LogP contribution in [0.15, 0.2) is 48.5 Å². The quantitative estimate of drug-likeness (QED) is 0.872. The van der Waals surface area contributed by atoms with Gasteiger partial charge in [0.1, 0.15) is 6.10 Å². The van der Waals surface area contributed by atoms with E-state index in [2.05, 4.69) is 10.0 Å². The van der Waals surface area contributed by atoms with E-state index in [4.69, 9.17) is 4.74 Å². The van der Waals surface area contributed by atoms with Crippen LogP contribution in [-0.2, 0) is 20.5 Å². The van der Waals surface area contributed by atoms with Crippen LogP contribution in [0.4, 0.5) is 10.5 Å². The Morgan fingerprint density at radius 3 is 2.38 bits per heavy atom. The summed E-state index contributed by atoms with van der Waals surface area (Å²) in [5, 5.41) is 2.58. The number of nitrogens with one attached hydrogen (secondary N) is 2. The standard InChI is InChI=1S/C17H18N2O4S/c1-12-2-4-13(5-3-12)11-24(21,22)19-15-8-6-14(7-9-15)16-10-18-17(20)23-16/h2-9,16,19H,10-11H2,1H3,(H,18,20). The third-order valence-electron chi connectivity index (χ3n) is 3.71. The molecule has 2 N–H and O–H groups in total. The molecular weight excluding hydrogens is 328 g/mol. The van der Waals surface area contributed by atoms with Crippen molar-refractivity contribution in [1.82, 2.24) is 5.32 Å². The first-order valence-electron chi connectivity index (χ1n) is 7.52. The number of ether oxygens (including phenoxy) is 1. The number of hydrogen-bond acceptors (Lipinski definition) is 4. The van der Waals surface area contributed by atoms with E-state index < -0.39 is 16.1 Å². The largest absolute Gasteiger partial charge is 0.439 e. The Morgan fingerprint density at radius 1 is 1.12 bits per heavy atom. The number of carbonyl (C=O) groups is 1. The first kappa shape index (κ1) is 16.3. The highest BCUT2D eigenvalue weighted by molar-refractivity contribution is 7.91. The molecule has 7 heteroatoms. The van der Waals surface area contributed by atoms with E-state index in [-0.39, 0.29) is 11.9 Å². The highest BCUT2D eigenvalue weighted by Gasteiger charge is 2.24. The Hall–Kier alpha value is -2.54. The first-order chi connectivity index (χ1) is 11.4. The van der Waals surface area contributed by atoms with Crippen molar-refractivity contribution in [3.8, 4) is 0 Å². The van der Waals surface area contributed by atoms with Crippen LogP contribution in [0.1, 0.15) is 22.8 Å². The van der Waals surface area contributed by atoms with Gasteiger partial charge in [-0.25, -0.2) is 13.2 Å². The Kier molecular flexibility index (Phi) is 4.44. The Labute approximate surface area is 140 Å². The monoisotopic (exact) mass is 346 g/mol. The van der Waals surface area contributed by atoms with Crippen molar-refractivity contribution in [3.05, 3.63) is 65.2 Å². The Balaban J connectivity index is 1.66. The summed E-state index contributed by atoms with van der Waals surface area (Å²) in [5.41, 5.74) is 3.11. The number of amides is 1.